The van der Waals surface area contributed by atoms with Gasteiger partial charge in [-0.3, -0.25) is 4.79 Å². The normalized spacial score (nSPS) is 11.3. The molecule has 0 fully saturated rings. The molecule has 0 saturated heterocycles. The number of benzene rings is 1. The number of fused-ring (bicyclic) bond motifs is 1. The number of thioether (sulfide) groups is 1. The second kappa shape index (κ2) is 6.78. The van der Waals surface area contributed by atoms with Gasteiger partial charge in [0.25, 0.3) is 5.56 Å². The Kier molecular flexibility index (Phi) is 4.50. The minimum absolute atomic E-state index is 0.0493. The molecule has 0 radical (unpaired) electrons. The van der Waals surface area contributed by atoms with Crippen LogP contribution in [0.4, 0.5) is 0 Å². The van der Waals surface area contributed by atoms with Gasteiger partial charge >= 0.3 is 0 Å². The van der Waals surface area contributed by atoms with Crippen LogP contribution in [0, 0.1) is 13.8 Å². The second-order valence-corrected chi connectivity index (χ2v) is 9.05. The van der Waals surface area contributed by atoms with Crippen LogP contribution in [0.5, 0.6) is 0 Å². The topological polar surface area (TPSA) is 45.8 Å². The van der Waals surface area contributed by atoms with Crippen LogP contribution in [0.15, 0.2) is 51.5 Å². The summed E-state index contributed by atoms with van der Waals surface area (Å²) in [4.78, 5) is 24.6. The number of aromatic nitrogens is 2. The molecule has 0 atom stereocenters. The molecule has 1 N–H and O–H groups in total. The van der Waals surface area contributed by atoms with Gasteiger partial charge in [0, 0.05) is 25.6 Å². The van der Waals surface area contributed by atoms with Gasteiger partial charge in [0.15, 0.2) is 0 Å². The van der Waals surface area contributed by atoms with Crippen molar-refractivity contribution in [3.8, 4) is 10.4 Å². The Bertz CT molecular complexity index is 1090. The zero-order valence-corrected chi connectivity index (χ0v) is 16.3. The second-order valence-electron chi connectivity index (χ2n) is 5.85. The number of nitrogens with zero attached hydrogens (tertiary/aromatic N) is 1. The summed E-state index contributed by atoms with van der Waals surface area (Å²) in [5.74, 6) is 1.37. The molecule has 0 unspecified atom stereocenters. The van der Waals surface area contributed by atoms with Crippen molar-refractivity contribution in [2.75, 3.05) is 0 Å². The lowest BCUT2D eigenvalue weighted by Gasteiger charge is -2.03. The first-order valence-electron chi connectivity index (χ1n) is 7.87. The molecule has 0 aliphatic rings. The lowest BCUT2D eigenvalue weighted by atomic mass is 10.2. The first kappa shape index (κ1) is 16.6. The molecule has 0 aliphatic heterocycles. The summed E-state index contributed by atoms with van der Waals surface area (Å²) in [6.07, 6.45) is 0. The van der Waals surface area contributed by atoms with E-state index in [0.29, 0.717) is 11.1 Å². The van der Waals surface area contributed by atoms with Crippen molar-refractivity contribution in [3.05, 3.63) is 68.4 Å². The largest absolute Gasteiger partial charge is 0.309 e. The van der Waals surface area contributed by atoms with Crippen molar-refractivity contribution in [2.45, 2.75) is 24.5 Å². The lowest BCUT2D eigenvalue weighted by molar-refractivity contribution is 1.05. The summed E-state index contributed by atoms with van der Waals surface area (Å²) in [6, 6.07) is 12.5. The smallest absolute Gasteiger partial charge is 0.260 e. The molecule has 3 nitrogen and oxygen atoms in total. The SMILES string of the molecule is Cc1ccc(SCc2nc3scc(-c4ccc(C)s4)c3c(=O)[nH]2)cc1. The van der Waals surface area contributed by atoms with Crippen LogP contribution in [0.1, 0.15) is 16.3 Å². The van der Waals surface area contributed by atoms with Gasteiger partial charge in [0.05, 0.1) is 11.1 Å². The van der Waals surface area contributed by atoms with E-state index in [1.165, 1.54) is 26.7 Å². The molecule has 0 spiro atoms. The fraction of sp³-hybridized carbons (Fsp3) is 0.158. The van der Waals surface area contributed by atoms with Gasteiger partial charge in [0.2, 0.25) is 0 Å². The Labute approximate surface area is 157 Å². The van der Waals surface area contributed by atoms with E-state index in [0.717, 1.165) is 21.1 Å². The predicted octanol–water partition coefficient (Wildman–Crippen LogP) is 5.62. The Morgan fingerprint density at radius 1 is 1.12 bits per heavy atom. The summed E-state index contributed by atoms with van der Waals surface area (Å²) in [5.41, 5.74) is 2.18. The first-order chi connectivity index (χ1) is 12.1. The number of hydrogen-bond donors (Lipinski definition) is 1. The van der Waals surface area contributed by atoms with Crippen molar-refractivity contribution >= 4 is 44.7 Å². The van der Waals surface area contributed by atoms with E-state index in [1.54, 1.807) is 23.1 Å². The quantitative estimate of drug-likeness (QED) is 0.464. The summed E-state index contributed by atoms with van der Waals surface area (Å²) in [5, 5.41) is 2.74. The van der Waals surface area contributed by atoms with Crippen molar-refractivity contribution < 1.29 is 0 Å². The summed E-state index contributed by atoms with van der Waals surface area (Å²) in [7, 11) is 0. The van der Waals surface area contributed by atoms with E-state index >= 15 is 0 Å². The highest BCUT2D eigenvalue weighted by Crippen LogP contribution is 2.35. The van der Waals surface area contributed by atoms with Gasteiger partial charge in [-0.05, 0) is 38.1 Å². The highest BCUT2D eigenvalue weighted by molar-refractivity contribution is 7.98. The Morgan fingerprint density at radius 2 is 1.92 bits per heavy atom. The molecule has 4 aromatic rings. The Morgan fingerprint density at radius 3 is 2.64 bits per heavy atom. The van der Waals surface area contributed by atoms with Gasteiger partial charge in [-0.1, -0.05) is 17.7 Å². The van der Waals surface area contributed by atoms with E-state index < -0.39 is 0 Å². The van der Waals surface area contributed by atoms with Crippen LogP contribution >= 0.6 is 34.4 Å². The minimum atomic E-state index is -0.0493. The van der Waals surface area contributed by atoms with Crippen molar-refractivity contribution in [2.24, 2.45) is 0 Å². The maximum atomic E-state index is 12.6. The van der Waals surface area contributed by atoms with Crippen LogP contribution in [-0.4, -0.2) is 9.97 Å². The van der Waals surface area contributed by atoms with Crippen molar-refractivity contribution in [3.63, 3.8) is 0 Å². The maximum absolute atomic E-state index is 12.6. The Hall–Kier alpha value is -1.89. The molecular weight excluding hydrogens is 368 g/mol. The van der Waals surface area contributed by atoms with Gasteiger partial charge in [0.1, 0.15) is 10.7 Å². The van der Waals surface area contributed by atoms with Crippen LogP contribution in [0.2, 0.25) is 0 Å². The lowest BCUT2D eigenvalue weighted by Crippen LogP contribution is -2.10. The number of H-pyrrole nitrogens is 1. The van der Waals surface area contributed by atoms with Crippen LogP contribution < -0.4 is 5.56 Å². The number of aromatic amines is 1. The third-order valence-electron chi connectivity index (χ3n) is 3.90. The molecule has 0 amide bonds. The molecular formula is C19H16N2OS3. The van der Waals surface area contributed by atoms with E-state index in [-0.39, 0.29) is 5.56 Å². The summed E-state index contributed by atoms with van der Waals surface area (Å²) in [6.45, 7) is 4.15. The molecule has 6 heteroatoms. The third-order valence-corrected chi connectivity index (χ3v) is 6.82. The standard InChI is InChI=1S/C19H16N2OS3/c1-11-3-6-13(7-4-11)23-10-16-20-18(22)17-14(9-24-19(17)21-16)15-8-5-12(2)25-15/h3-9H,10H2,1-2H3,(H,20,21,22). The van der Waals surface area contributed by atoms with Crippen LogP contribution in [-0.2, 0) is 5.75 Å². The van der Waals surface area contributed by atoms with Crippen molar-refractivity contribution in [1.29, 1.82) is 0 Å². The molecule has 3 heterocycles. The molecule has 0 aliphatic carbocycles. The van der Waals surface area contributed by atoms with E-state index in [4.69, 9.17) is 0 Å². The zero-order valence-electron chi connectivity index (χ0n) is 13.8. The number of rotatable bonds is 4. The van der Waals surface area contributed by atoms with Crippen LogP contribution in [0.25, 0.3) is 20.7 Å². The van der Waals surface area contributed by atoms with Gasteiger partial charge in [-0.25, -0.2) is 4.98 Å². The average Bonchev–Trinajstić information content (AvgIpc) is 3.20. The minimum Gasteiger partial charge on any atom is -0.309 e. The molecule has 25 heavy (non-hydrogen) atoms. The molecule has 126 valence electrons. The molecule has 3 aromatic heterocycles. The van der Waals surface area contributed by atoms with E-state index in [9.17, 15) is 4.79 Å². The van der Waals surface area contributed by atoms with Gasteiger partial charge < -0.3 is 4.98 Å². The molecule has 0 bridgehead atoms. The highest BCUT2D eigenvalue weighted by Gasteiger charge is 2.14. The average molecular weight is 385 g/mol. The third kappa shape index (κ3) is 3.42. The van der Waals surface area contributed by atoms with Gasteiger partial charge in [-0.2, -0.15) is 0 Å². The summed E-state index contributed by atoms with van der Waals surface area (Å²) < 4.78 is 0. The fourth-order valence-corrected chi connectivity index (χ4v) is 5.30. The Balaban J connectivity index is 1.64. The van der Waals surface area contributed by atoms with E-state index in [2.05, 4.69) is 60.2 Å². The molecule has 4 rings (SSSR count). The summed E-state index contributed by atoms with van der Waals surface area (Å²) >= 11 is 4.92. The number of aryl methyl sites for hydroxylation is 2. The van der Waals surface area contributed by atoms with E-state index in [1.807, 2.05) is 5.38 Å². The molecule has 1 aromatic carbocycles. The fourth-order valence-electron chi connectivity index (χ4n) is 2.61. The van der Waals surface area contributed by atoms with Crippen LogP contribution in [0.3, 0.4) is 0 Å². The maximum Gasteiger partial charge on any atom is 0.260 e. The molecule has 0 saturated carbocycles. The van der Waals surface area contributed by atoms with Crippen molar-refractivity contribution in [1.82, 2.24) is 9.97 Å². The number of hydrogen-bond acceptors (Lipinski definition) is 5. The van der Waals surface area contributed by atoms with Gasteiger partial charge in [-0.15, -0.1) is 34.4 Å². The highest BCUT2D eigenvalue weighted by atomic mass is 32.2. The predicted molar refractivity (Wildman–Crippen MR) is 109 cm³/mol. The monoisotopic (exact) mass is 384 g/mol. The number of nitrogens with one attached hydrogen (secondary N) is 1. The zero-order chi connectivity index (χ0) is 17.4. The number of thiophene rings is 2. The first-order valence-corrected chi connectivity index (χ1v) is 10.5.